The lowest BCUT2D eigenvalue weighted by Crippen LogP contribution is -2.22. The number of nitrogens with one attached hydrogen (secondary N) is 1. The summed E-state index contributed by atoms with van der Waals surface area (Å²) < 4.78 is 10.7. The van der Waals surface area contributed by atoms with Gasteiger partial charge < -0.3 is 14.8 Å². The zero-order valence-electron chi connectivity index (χ0n) is 15.0. The SMILES string of the molecule is O=C(NCc1ccc2c(c1)OCO2)c1ccc(CSc2ccc(Cl)cc2)cc1. The molecule has 0 aromatic heterocycles. The highest BCUT2D eigenvalue weighted by atomic mass is 35.5. The molecule has 1 N–H and O–H groups in total. The van der Waals surface area contributed by atoms with Crippen LogP contribution in [-0.2, 0) is 12.3 Å². The van der Waals surface area contributed by atoms with Crippen molar-refractivity contribution in [1.82, 2.24) is 5.32 Å². The molecule has 3 aromatic carbocycles. The molecule has 1 aliphatic heterocycles. The first-order chi connectivity index (χ1) is 13.7. The molecule has 0 fully saturated rings. The van der Waals surface area contributed by atoms with Crippen LogP contribution in [0.4, 0.5) is 0 Å². The summed E-state index contributed by atoms with van der Waals surface area (Å²) in [4.78, 5) is 13.6. The Morgan fingerprint density at radius 2 is 1.64 bits per heavy atom. The molecule has 0 radical (unpaired) electrons. The molecule has 0 saturated heterocycles. The second-order valence-corrected chi connectivity index (χ2v) is 7.80. The molecular weight excluding hydrogens is 394 g/mol. The predicted molar refractivity (Wildman–Crippen MR) is 111 cm³/mol. The predicted octanol–water partition coefficient (Wildman–Crippen LogP) is 5.29. The minimum atomic E-state index is -0.102. The van der Waals surface area contributed by atoms with E-state index in [1.807, 2.05) is 66.7 Å². The van der Waals surface area contributed by atoms with E-state index in [9.17, 15) is 4.79 Å². The average molecular weight is 412 g/mol. The summed E-state index contributed by atoms with van der Waals surface area (Å²) in [6.07, 6.45) is 0. The lowest BCUT2D eigenvalue weighted by atomic mass is 10.1. The van der Waals surface area contributed by atoms with Crippen LogP contribution < -0.4 is 14.8 Å². The van der Waals surface area contributed by atoms with Gasteiger partial charge in [0.2, 0.25) is 6.79 Å². The Kier molecular flexibility index (Phi) is 5.74. The maximum atomic E-state index is 12.4. The molecule has 4 nitrogen and oxygen atoms in total. The van der Waals surface area contributed by atoms with E-state index >= 15 is 0 Å². The van der Waals surface area contributed by atoms with Crippen molar-refractivity contribution in [2.45, 2.75) is 17.2 Å². The van der Waals surface area contributed by atoms with Crippen LogP contribution in [-0.4, -0.2) is 12.7 Å². The van der Waals surface area contributed by atoms with E-state index in [1.165, 1.54) is 0 Å². The topological polar surface area (TPSA) is 47.6 Å². The summed E-state index contributed by atoms with van der Waals surface area (Å²) in [7, 11) is 0. The second kappa shape index (κ2) is 8.59. The van der Waals surface area contributed by atoms with Gasteiger partial charge in [-0.1, -0.05) is 29.8 Å². The molecule has 6 heteroatoms. The Morgan fingerprint density at radius 3 is 2.43 bits per heavy atom. The molecule has 142 valence electrons. The van der Waals surface area contributed by atoms with E-state index in [1.54, 1.807) is 11.8 Å². The first-order valence-corrected chi connectivity index (χ1v) is 10.2. The highest BCUT2D eigenvalue weighted by Crippen LogP contribution is 2.32. The molecule has 0 unspecified atom stereocenters. The number of hydrogen-bond acceptors (Lipinski definition) is 4. The van der Waals surface area contributed by atoms with Gasteiger partial charge in [-0.25, -0.2) is 0 Å². The van der Waals surface area contributed by atoms with E-state index < -0.39 is 0 Å². The van der Waals surface area contributed by atoms with Crippen molar-refractivity contribution in [3.63, 3.8) is 0 Å². The van der Waals surface area contributed by atoms with Crippen molar-refractivity contribution in [1.29, 1.82) is 0 Å². The van der Waals surface area contributed by atoms with Gasteiger partial charge in [0, 0.05) is 27.8 Å². The van der Waals surface area contributed by atoms with Gasteiger partial charge in [0.25, 0.3) is 5.91 Å². The zero-order valence-corrected chi connectivity index (χ0v) is 16.6. The monoisotopic (exact) mass is 411 g/mol. The van der Waals surface area contributed by atoms with E-state index in [2.05, 4.69) is 5.32 Å². The lowest BCUT2D eigenvalue weighted by Gasteiger charge is -2.07. The third-order valence-electron chi connectivity index (χ3n) is 4.33. The van der Waals surface area contributed by atoms with E-state index in [0.717, 1.165) is 32.5 Å². The van der Waals surface area contributed by atoms with Crippen molar-refractivity contribution in [2.75, 3.05) is 6.79 Å². The molecule has 3 aromatic rings. The van der Waals surface area contributed by atoms with Gasteiger partial charge in [-0.3, -0.25) is 4.79 Å². The minimum absolute atomic E-state index is 0.102. The van der Waals surface area contributed by atoms with Gasteiger partial charge >= 0.3 is 0 Å². The maximum Gasteiger partial charge on any atom is 0.251 e. The Bertz CT molecular complexity index is 974. The molecule has 0 aliphatic carbocycles. The molecule has 0 spiro atoms. The van der Waals surface area contributed by atoms with Gasteiger partial charge in [-0.15, -0.1) is 11.8 Å². The fourth-order valence-corrected chi connectivity index (χ4v) is 3.77. The summed E-state index contributed by atoms with van der Waals surface area (Å²) in [5.41, 5.74) is 2.77. The number of carbonyl (C=O) groups excluding carboxylic acids is 1. The number of carbonyl (C=O) groups is 1. The number of hydrogen-bond donors (Lipinski definition) is 1. The lowest BCUT2D eigenvalue weighted by molar-refractivity contribution is 0.0951. The number of rotatable bonds is 6. The van der Waals surface area contributed by atoms with Gasteiger partial charge in [0.05, 0.1) is 0 Å². The molecule has 1 amide bonds. The standard InChI is InChI=1S/C22H18ClNO3S/c23-18-6-8-19(9-7-18)28-13-15-1-4-17(5-2-15)22(25)24-12-16-3-10-20-21(11-16)27-14-26-20/h1-11H,12-14H2,(H,24,25). The molecule has 0 bridgehead atoms. The summed E-state index contributed by atoms with van der Waals surface area (Å²) in [5.74, 6) is 2.19. The van der Waals surface area contributed by atoms with Crippen LogP contribution in [0.1, 0.15) is 21.5 Å². The Hall–Kier alpha value is -2.63. The zero-order chi connectivity index (χ0) is 19.3. The van der Waals surface area contributed by atoms with Crippen molar-refractivity contribution in [3.8, 4) is 11.5 Å². The van der Waals surface area contributed by atoms with Crippen LogP contribution in [0.2, 0.25) is 5.02 Å². The number of ether oxygens (including phenoxy) is 2. The normalized spacial score (nSPS) is 12.0. The number of halogens is 1. The Balaban J connectivity index is 1.30. The van der Waals surface area contributed by atoms with Crippen LogP contribution in [0.3, 0.4) is 0 Å². The van der Waals surface area contributed by atoms with Gasteiger partial charge in [0.1, 0.15) is 0 Å². The fourth-order valence-electron chi connectivity index (χ4n) is 2.79. The molecule has 28 heavy (non-hydrogen) atoms. The number of fused-ring (bicyclic) bond motifs is 1. The van der Waals surface area contributed by atoms with Crippen molar-refractivity contribution in [3.05, 3.63) is 88.4 Å². The average Bonchev–Trinajstić information content (AvgIpc) is 3.20. The molecule has 1 heterocycles. The summed E-state index contributed by atoms with van der Waals surface area (Å²) >= 11 is 7.64. The Labute approximate surface area is 172 Å². The van der Waals surface area contributed by atoms with Crippen molar-refractivity contribution in [2.24, 2.45) is 0 Å². The van der Waals surface area contributed by atoms with E-state index in [-0.39, 0.29) is 12.7 Å². The molecule has 4 rings (SSSR count). The van der Waals surface area contributed by atoms with E-state index in [4.69, 9.17) is 21.1 Å². The summed E-state index contributed by atoms with van der Waals surface area (Å²) in [6, 6.07) is 21.1. The smallest absolute Gasteiger partial charge is 0.251 e. The first-order valence-electron chi connectivity index (χ1n) is 8.81. The number of benzene rings is 3. The van der Waals surface area contributed by atoms with Crippen LogP contribution in [0.5, 0.6) is 11.5 Å². The van der Waals surface area contributed by atoms with Crippen molar-refractivity contribution >= 4 is 29.3 Å². The van der Waals surface area contributed by atoms with Crippen LogP contribution >= 0.6 is 23.4 Å². The highest BCUT2D eigenvalue weighted by Gasteiger charge is 2.13. The van der Waals surface area contributed by atoms with E-state index in [0.29, 0.717) is 17.9 Å². The number of thioether (sulfide) groups is 1. The summed E-state index contributed by atoms with van der Waals surface area (Å²) in [6.45, 7) is 0.678. The van der Waals surface area contributed by atoms with Gasteiger partial charge in [0.15, 0.2) is 11.5 Å². The number of amides is 1. The molecular formula is C22H18ClNO3S. The van der Waals surface area contributed by atoms with Gasteiger partial charge in [-0.2, -0.15) is 0 Å². The van der Waals surface area contributed by atoms with Crippen LogP contribution in [0.15, 0.2) is 71.6 Å². The molecule has 0 saturated carbocycles. The largest absolute Gasteiger partial charge is 0.454 e. The van der Waals surface area contributed by atoms with Crippen molar-refractivity contribution < 1.29 is 14.3 Å². The summed E-state index contributed by atoms with van der Waals surface area (Å²) in [5, 5.41) is 3.67. The Morgan fingerprint density at radius 1 is 0.929 bits per heavy atom. The molecule has 0 atom stereocenters. The quantitative estimate of drug-likeness (QED) is 0.560. The first kappa shape index (κ1) is 18.7. The van der Waals surface area contributed by atoms with Crippen LogP contribution in [0.25, 0.3) is 0 Å². The minimum Gasteiger partial charge on any atom is -0.454 e. The third kappa shape index (κ3) is 4.61. The third-order valence-corrected chi connectivity index (χ3v) is 5.66. The highest BCUT2D eigenvalue weighted by molar-refractivity contribution is 7.98. The van der Waals surface area contributed by atoms with Crippen LogP contribution in [0, 0.1) is 0 Å². The van der Waals surface area contributed by atoms with Gasteiger partial charge in [-0.05, 0) is 59.7 Å². The fraction of sp³-hybridized carbons (Fsp3) is 0.136. The second-order valence-electron chi connectivity index (χ2n) is 6.31. The molecule has 1 aliphatic rings. The maximum absolute atomic E-state index is 12.4.